The lowest BCUT2D eigenvalue weighted by molar-refractivity contribution is -0.0120. The minimum Gasteiger partial charge on any atom is -0.393 e. The molecule has 1 unspecified atom stereocenters. The molecule has 0 radical (unpaired) electrons. The van der Waals surface area contributed by atoms with Crippen LogP contribution in [-0.2, 0) is 4.74 Å². The van der Waals surface area contributed by atoms with Crippen LogP contribution in [0.3, 0.4) is 0 Å². The van der Waals surface area contributed by atoms with Gasteiger partial charge in [0.05, 0.1) is 18.8 Å². The minimum atomic E-state index is -0.0811. The first-order valence-electron chi connectivity index (χ1n) is 5.97. The van der Waals surface area contributed by atoms with E-state index in [0.29, 0.717) is 12.0 Å². The van der Waals surface area contributed by atoms with Crippen molar-refractivity contribution in [2.24, 2.45) is 5.92 Å². The molecule has 0 aromatic heterocycles. The zero-order chi connectivity index (χ0) is 10.5. The van der Waals surface area contributed by atoms with Gasteiger partial charge >= 0.3 is 0 Å². The molecule has 0 aromatic carbocycles. The molecule has 2 rings (SSSR count). The summed E-state index contributed by atoms with van der Waals surface area (Å²) in [5.74, 6) is 0.557. The van der Waals surface area contributed by atoms with Gasteiger partial charge in [-0.1, -0.05) is 24.3 Å². The average Bonchev–Trinajstić information content (AvgIpc) is 2.30. The number of rotatable bonds is 3. The molecule has 1 saturated carbocycles. The molecule has 15 heavy (non-hydrogen) atoms. The Balaban J connectivity index is 1.65. The monoisotopic (exact) mass is 208 g/mol. The summed E-state index contributed by atoms with van der Waals surface area (Å²) in [5.41, 5.74) is 0. The van der Waals surface area contributed by atoms with E-state index in [4.69, 9.17) is 4.74 Å². The van der Waals surface area contributed by atoms with E-state index in [-0.39, 0.29) is 6.10 Å². The number of hydrogen-bond donors (Lipinski definition) is 1. The third-order valence-corrected chi connectivity index (χ3v) is 3.26. The fraction of sp³-hybridized carbons (Fsp3) is 0.692. The quantitative estimate of drug-likeness (QED) is 0.772. The Kier molecular flexibility index (Phi) is 3.98. The van der Waals surface area contributed by atoms with Crippen molar-refractivity contribution in [3.8, 4) is 0 Å². The van der Waals surface area contributed by atoms with Crippen LogP contribution in [0.4, 0.5) is 0 Å². The molecule has 1 N–H and O–H groups in total. The topological polar surface area (TPSA) is 29.5 Å². The summed E-state index contributed by atoms with van der Waals surface area (Å²) in [6, 6.07) is 0. The Bertz CT molecular complexity index is 237. The molecule has 0 aromatic rings. The van der Waals surface area contributed by atoms with Crippen LogP contribution in [0.25, 0.3) is 0 Å². The molecule has 2 nitrogen and oxygen atoms in total. The molecule has 84 valence electrons. The third kappa shape index (κ3) is 3.47. The van der Waals surface area contributed by atoms with Crippen LogP contribution >= 0.6 is 0 Å². The van der Waals surface area contributed by atoms with Gasteiger partial charge in [-0.25, -0.2) is 0 Å². The number of hydrogen-bond acceptors (Lipinski definition) is 2. The third-order valence-electron chi connectivity index (χ3n) is 3.26. The van der Waals surface area contributed by atoms with Gasteiger partial charge in [-0.15, -0.1) is 0 Å². The van der Waals surface area contributed by atoms with Crippen LogP contribution in [0.5, 0.6) is 0 Å². The Hall–Kier alpha value is -0.600. The number of allylic oxidation sites excluding steroid dienone is 3. The molecular formula is C13H20O2. The van der Waals surface area contributed by atoms with Crippen molar-refractivity contribution in [3.63, 3.8) is 0 Å². The van der Waals surface area contributed by atoms with Crippen LogP contribution in [0.15, 0.2) is 24.3 Å². The summed E-state index contributed by atoms with van der Waals surface area (Å²) in [7, 11) is 0. The van der Waals surface area contributed by atoms with Gasteiger partial charge in [0.25, 0.3) is 0 Å². The molecule has 0 heterocycles. The van der Waals surface area contributed by atoms with Gasteiger partial charge in [0.1, 0.15) is 0 Å². The second kappa shape index (κ2) is 5.47. The molecule has 0 saturated heterocycles. The highest BCUT2D eigenvalue weighted by molar-refractivity contribution is 5.10. The first-order valence-corrected chi connectivity index (χ1v) is 5.97. The van der Waals surface area contributed by atoms with Crippen LogP contribution in [0.1, 0.15) is 32.1 Å². The molecular weight excluding hydrogens is 188 g/mol. The summed E-state index contributed by atoms with van der Waals surface area (Å²) >= 11 is 0. The van der Waals surface area contributed by atoms with Gasteiger partial charge in [-0.2, -0.15) is 0 Å². The Morgan fingerprint density at radius 2 is 1.93 bits per heavy atom. The van der Waals surface area contributed by atoms with Gasteiger partial charge in [0.15, 0.2) is 0 Å². The molecule has 2 aliphatic carbocycles. The van der Waals surface area contributed by atoms with Gasteiger partial charge in [-0.3, -0.25) is 0 Å². The SMILES string of the molecule is O[C@H]1CC[C@@H](OCC2C=CC=CC2)CC1. The highest BCUT2D eigenvalue weighted by Gasteiger charge is 2.20. The molecule has 2 heteroatoms. The summed E-state index contributed by atoms with van der Waals surface area (Å²) in [4.78, 5) is 0. The van der Waals surface area contributed by atoms with Crippen LogP contribution < -0.4 is 0 Å². The number of ether oxygens (including phenoxy) is 1. The van der Waals surface area contributed by atoms with E-state index >= 15 is 0 Å². The second-order valence-corrected chi connectivity index (χ2v) is 4.57. The van der Waals surface area contributed by atoms with Gasteiger partial charge in [0, 0.05) is 5.92 Å². The van der Waals surface area contributed by atoms with E-state index in [2.05, 4.69) is 24.3 Å². The maximum absolute atomic E-state index is 9.37. The Morgan fingerprint density at radius 3 is 2.60 bits per heavy atom. The smallest absolute Gasteiger partial charge is 0.0577 e. The van der Waals surface area contributed by atoms with E-state index < -0.39 is 0 Å². The van der Waals surface area contributed by atoms with Crippen molar-refractivity contribution >= 4 is 0 Å². The van der Waals surface area contributed by atoms with E-state index in [0.717, 1.165) is 38.7 Å². The van der Waals surface area contributed by atoms with Crippen LogP contribution in [0, 0.1) is 5.92 Å². The predicted molar refractivity (Wildman–Crippen MR) is 60.6 cm³/mol. The van der Waals surface area contributed by atoms with E-state index in [1.807, 2.05) is 0 Å². The fourth-order valence-corrected chi connectivity index (χ4v) is 2.23. The van der Waals surface area contributed by atoms with Crippen LogP contribution in [0.2, 0.25) is 0 Å². The summed E-state index contributed by atoms with van der Waals surface area (Å²) in [6.07, 6.45) is 13.9. The van der Waals surface area contributed by atoms with Crippen molar-refractivity contribution < 1.29 is 9.84 Å². The lowest BCUT2D eigenvalue weighted by Gasteiger charge is -2.27. The maximum atomic E-state index is 9.37. The predicted octanol–water partition coefficient (Wildman–Crippen LogP) is 2.44. The zero-order valence-corrected chi connectivity index (χ0v) is 9.14. The fourth-order valence-electron chi connectivity index (χ4n) is 2.23. The second-order valence-electron chi connectivity index (χ2n) is 4.57. The number of aliphatic hydroxyl groups is 1. The summed E-state index contributed by atoms with van der Waals surface area (Å²) in [6.45, 7) is 0.835. The lowest BCUT2D eigenvalue weighted by Crippen LogP contribution is -2.26. The molecule has 1 atom stereocenters. The molecule has 1 fully saturated rings. The van der Waals surface area contributed by atoms with Crippen molar-refractivity contribution in [2.45, 2.75) is 44.3 Å². The maximum Gasteiger partial charge on any atom is 0.0577 e. The largest absolute Gasteiger partial charge is 0.393 e. The van der Waals surface area contributed by atoms with E-state index in [1.54, 1.807) is 0 Å². The Labute approximate surface area is 91.6 Å². The minimum absolute atomic E-state index is 0.0811. The molecule has 2 aliphatic rings. The molecule has 0 amide bonds. The van der Waals surface area contributed by atoms with Crippen molar-refractivity contribution in [1.29, 1.82) is 0 Å². The molecule has 0 spiro atoms. The first-order chi connectivity index (χ1) is 7.34. The van der Waals surface area contributed by atoms with Crippen LogP contribution in [-0.4, -0.2) is 23.9 Å². The Morgan fingerprint density at radius 1 is 1.13 bits per heavy atom. The van der Waals surface area contributed by atoms with Crippen molar-refractivity contribution in [1.82, 2.24) is 0 Å². The summed E-state index contributed by atoms with van der Waals surface area (Å²) in [5, 5.41) is 9.37. The first kappa shape index (κ1) is 10.9. The van der Waals surface area contributed by atoms with E-state index in [9.17, 15) is 5.11 Å². The highest BCUT2D eigenvalue weighted by Crippen LogP contribution is 2.22. The van der Waals surface area contributed by atoms with Crippen molar-refractivity contribution in [2.75, 3.05) is 6.61 Å². The zero-order valence-electron chi connectivity index (χ0n) is 9.14. The molecule has 0 aliphatic heterocycles. The van der Waals surface area contributed by atoms with Crippen molar-refractivity contribution in [3.05, 3.63) is 24.3 Å². The number of aliphatic hydroxyl groups excluding tert-OH is 1. The van der Waals surface area contributed by atoms with Gasteiger partial charge in [0.2, 0.25) is 0 Å². The van der Waals surface area contributed by atoms with Gasteiger partial charge < -0.3 is 9.84 Å². The summed E-state index contributed by atoms with van der Waals surface area (Å²) < 4.78 is 5.87. The standard InChI is InChI=1S/C13H20O2/c14-12-6-8-13(9-7-12)15-10-11-4-2-1-3-5-11/h1-4,11-14H,5-10H2/t11?,12-,13+. The van der Waals surface area contributed by atoms with E-state index in [1.165, 1.54) is 0 Å². The average molecular weight is 208 g/mol. The van der Waals surface area contributed by atoms with Gasteiger partial charge in [-0.05, 0) is 32.1 Å². The normalized spacial score (nSPS) is 35.7. The molecule has 0 bridgehead atoms. The highest BCUT2D eigenvalue weighted by atomic mass is 16.5. The lowest BCUT2D eigenvalue weighted by atomic mass is 9.95.